The first-order chi connectivity index (χ1) is 6.69. The van der Waals surface area contributed by atoms with Gasteiger partial charge in [0.05, 0.1) is 11.7 Å². The van der Waals surface area contributed by atoms with E-state index in [1.54, 1.807) is 12.1 Å². The Labute approximate surface area is 81.9 Å². The van der Waals surface area contributed by atoms with Gasteiger partial charge in [-0.2, -0.15) is 5.26 Å². The van der Waals surface area contributed by atoms with Crippen molar-refractivity contribution in [2.45, 2.75) is 12.5 Å². The predicted octanol–water partition coefficient (Wildman–Crippen LogP) is 2.31. The van der Waals surface area contributed by atoms with Crippen LogP contribution in [-0.2, 0) is 0 Å². The standard InChI is InChI=1S/C11H10FNO/c1-2-3-11(14)8-4-5-9(7-13)10(12)6-8/h2,4-6,11,14H,1,3H2. The third-order valence-corrected chi connectivity index (χ3v) is 1.89. The fraction of sp³-hybridized carbons (Fsp3) is 0.182. The van der Waals surface area contributed by atoms with Crippen molar-refractivity contribution in [3.05, 3.63) is 47.8 Å². The SMILES string of the molecule is C=CCC(O)c1ccc(C#N)c(F)c1. The first kappa shape index (κ1) is 10.4. The fourth-order valence-electron chi connectivity index (χ4n) is 1.12. The van der Waals surface area contributed by atoms with Crippen LogP contribution < -0.4 is 0 Å². The Morgan fingerprint density at radius 3 is 2.86 bits per heavy atom. The number of hydrogen-bond acceptors (Lipinski definition) is 2. The van der Waals surface area contributed by atoms with Gasteiger partial charge in [-0.1, -0.05) is 12.1 Å². The van der Waals surface area contributed by atoms with Crippen molar-refractivity contribution >= 4 is 0 Å². The van der Waals surface area contributed by atoms with Crippen LogP contribution in [0.2, 0.25) is 0 Å². The molecule has 1 aromatic carbocycles. The van der Waals surface area contributed by atoms with Gasteiger partial charge in [0.2, 0.25) is 0 Å². The first-order valence-corrected chi connectivity index (χ1v) is 4.17. The zero-order chi connectivity index (χ0) is 10.6. The molecule has 0 spiro atoms. The molecule has 14 heavy (non-hydrogen) atoms. The van der Waals surface area contributed by atoms with Crippen LogP contribution in [0.5, 0.6) is 0 Å². The lowest BCUT2D eigenvalue weighted by Gasteiger charge is -2.08. The molecule has 2 nitrogen and oxygen atoms in total. The van der Waals surface area contributed by atoms with E-state index in [-0.39, 0.29) is 5.56 Å². The molecule has 0 aliphatic carbocycles. The minimum Gasteiger partial charge on any atom is -0.388 e. The summed E-state index contributed by atoms with van der Waals surface area (Å²) < 4.78 is 13.1. The van der Waals surface area contributed by atoms with E-state index in [1.807, 2.05) is 0 Å². The number of halogens is 1. The number of aliphatic hydroxyl groups is 1. The van der Waals surface area contributed by atoms with Crippen molar-refractivity contribution < 1.29 is 9.50 Å². The molecule has 0 aromatic heterocycles. The van der Waals surface area contributed by atoms with Gasteiger partial charge in [0, 0.05) is 0 Å². The van der Waals surface area contributed by atoms with Gasteiger partial charge in [0.15, 0.2) is 0 Å². The molecule has 0 radical (unpaired) electrons. The number of hydrogen-bond donors (Lipinski definition) is 1. The van der Waals surface area contributed by atoms with Gasteiger partial charge in [-0.05, 0) is 24.1 Å². The molecule has 1 atom stereocenters. The molecular weight excluding hydrogens is 181 g/mol. The molecule has 0 aliphatic heterocycles. The van der Waals surface area contributed by atoms with Crippen molar-refractivity contribution in [3.8, 4) is 6.07 Å². The molecule has 0 saturated carbocycles. The quantitative estimate of drug-likeness (QED) is 0.745. The molecule has 0 aliphatic rings. The van der Waals surface area contributed by atoms with Crippen LogP contribution in [0.15, 0.2) is 30.9 Å². The zero-order valence-corrected chi connectivity index (χ0v) is 7.57. The average molecular weight is 191 g/mol. The molecule has 0 bridgehead atoms. The third-order valence-electron chi connectivity index (χ3n) is 1.89. The van der Waals surface area contributed by atoms with Gasteiger partial charge in [-0.25, -0.2) is 4.39 Å². The van der Waals surface area contributed by atoms with Crippen molar-refractivity contribution in [2.24, 2.45) is 0 Å². The van der Waals surface area contributed by atoms with E-state index >= 15 is 0 Å². The van der Waals surface area contributed by atoms with Gasteiger partial charge < -0.3 is 5.11 Å². The van der Waals surface area contributed by atoms with Crippen LogP contribution in [0, 0.1) is 17.1 Å². The summed E-state index contributed by atoms with van der Waals surface area (Å²) in [5, 5.41) is 18.0. The maximum absolute atomic E-state index is 13.1. The van der Waals surface area contributed by atoms with E-state index in [0.717, 1.165) is 0 Å². The summed E-state index contributed by atoms with van der Waals surface area (Å²) in [6.07, 6.45) is 1.17. The average Bonchev–Trinajstić information content (AvgIpc) is 2.18. The Morgan fingerprint density at radius 2 is 2.36 bits per heavy atom. The van der Waals surface area contributed by atoms with E-state index in [2.05, 4.69) is 6.58 Å². The van der Waals surface area contributed by atoms with E-state index in [0.29, 0.717) is 12.0 Å². The van der Waals surface area contributed by atoms with Crippen LogP contribution in [-0.4, -0.2) is 5.11 Å². The molecule has 0 amide bonds. The van der Waals surface area contributed by atoms with Gasteiger partial charge in [0.1, 0.15) is 11.9 Å². The van der Waals surface area contributed by atoms with Crippen LogP contribution in [0.25, 0.3) is 0 Å². The Kier molecular flexibility index (Phi) is 3.38. The molecule has 3 heteroatoms. The van der Waals surface area contributed by atoms with Gasteiger partial charge >= 0.3 is 0 Å². The summed E-state index contributed by atoms with van der Waals surface area (Å²) in [5.74, 6) is -0.604. The highest BCUT2D eigenvalue weighted by Crippen LogP contribution is 2.19. The van der Waals surface area contributed by atoms with E-state index in [4.69, 9.17) is 5.26 Å². The Bertz CT molecular complexity index is 381. The smallest absolute Gasteiger partial charge is 0.141 e. The number of benzene rings is 1. The topological polar surface area (TPSA) is 44.0 Å². The molecule has 1 unspecified atom stereocenters. The minimum absolute atomic E-state index is 0.0143. The molecule has 0 heterocycles. The molecule has 0 saturated heterocycles. The third kappa shape index (κ3) is 2.18. The Morgan fingerprint density at radius 1 is 1.64 bits per heavy atom. The maximum atomic E-state index is 13.1. The van der Waals surface area contributed by atoms with Crippen LogP contribution in [0.1, 0.15) is 23.7 Å². The normalized spacial score (nSPS) is 11.8. The molecule has 72 valence electrons. The lowest BCUT2D eigenvalue weighted by molar-refractivity contribution is 0.181. The highest BCUT2D eigenvalue weighted by Gasteiger charge is 2.08. The second-order valence-electron chi connectivity index (χ2n) is 2.89. The van der Waals surface area contributed by atoms with Crippen molar-refractivity contribution in [2.75, 3.05) is 0 Å². The van der Waals surface area contributed by atoms with Crippen molar-refractivity contribution in [1.82, 2.24) is 0 Å². The summed E-state index contributed by atoms with van der Waals surface area (Å²) in [6, 6.07) is 5.79. The van der Waals surface area contributed by atoms with E-state index in [9.17, 15) is 9.50 Å². The van der Waals surface area contributed by atoms with E-state index in [1.165, 1.54) is 18.2 Å². The zero-order valence-electron chi connectivity index (χ0n) is 7.57. The highest BCUT2D eigenvalue weighted by molar-refractivity contribution is 5.34. The highest BCUT2D eigenvalue weighted by atomic mass is 19.1. The lowest BCUT2D eigenvalue weighted by atomic mass is 10.0. The molecule has 1 rings (SSSR count). The van der Waals surface area contributed by atoms with E-state index < -0.39 is 11.9 Å². The number of nitrogens with zero attached hydrogens (tertiary/aromatic N) is 1. The van der Waals surface area contributed by atoms with Crippen molar-refractivity contribution in [1.29, 1.82) is 5.26 Å². The van der Waals surface area contributed by atoms with Crippen LogP contribution in [0.4, 0.5) is 4.39 Å². The molecule has 0 fully saturated rings. The molecular formula is C11H10FNO. The summed E-state index contributed by atoms with van der Waals surface area (Å²) in [7, 11) is 0. The molecule has 1 N–H and O–H groups in total. The monoisotopic (exact) mass is 191 g/mol. The Hall–Kier alpha value is -1.66. The van der Waals surface area contributed by atoms with Gasteiger partial charge in [-0.3, -0.25) is 0 Å². The minimum atomic E-state index is -0.755. The lowest BCUT2D eigenvalue weighted by Crippen LogP contribution is -1.97. The maximum Gasteiger partial charge on any atom is 0.141 e. The van der Waals surface area contributed by atoms with Crippen molar-refractivity contribution in [3.63, 3.8) is 0 Å². The van der Waals surface area contributed by atoms with Gasteiger partial charge in [-0.15, -0.1) is 6.58 Å². The number of rotatable bonds is 3. The first-order valence-electron chi connectivity index (χ1n) is 4.17. The second-order valence-corrected chi connectivity index (χ2v) is 2.89. The molecule has 1 aromatic rings. The van der Waals surface area contributed by atoms with Crippen LogP contribution >= 0.6 is 0 Å². The van der Waals surface area contributed by atoms with Crippen LogP contribution in [0.3, 0.4) is 0 Å². The summed E-state index contributed by atoms with van der Waals surface area (Å²) in [6.45, 7) is 3.48. The largest absolute Gasteiger partial charge is 0.388 e. The Balaban J connectivity index is 2.97. The predicted molar refractivity (Wildman–Crippen MR) is 50.9 cm³/mol. The summed E-state index contributed by atoms with van der Waals surface area (Å²) in [5.41, 5.74) is 0.445. The summed E-state index contributed by atoms with van der Waals surface area (Å²) >= 11 is 0. The fourth-order valence-corrected chi connectivity index (χ4v) is 1.12. The second kappa shape index (κ2) is 4.54. The van der Waals surface area contributed by atoms with Gasteiger partial charge in [0.25, 0.3) is 0 Å². The summed E-state index contributed by atoms with van der Waals surface area (Å²) in [4.78, 5) is 0. The number of aliphatic hydroxyl groups excluding tert-OH is 1. The number of nitriles is 1.